The maximum absolute atomic E-state index is 12.8. The number of ether oxygens (including phenoxy) is 1. The Morgan fingerprint density at radius 2 is 1.79 bits per heavy atom. The Kier molecular flexibility index (Phi) is 7.03. The number of benzene rings is 2. The molecule has 0 aromatic heterocycles. The number of anilines is 1. The minimum atomic E-state index is -4.64. The molecule has 0 heterocycles. The summed E-state index contributed by atoms with van der Waals surface area (Å²) in [7, 11) is -2.67. The zero-order valence-electron chi connectivity index (χ0n) is 14.9. The molecule has 0 bridgehead atoms. The number of hydrogen-bond acceptors (Lipinski definition) is 4. The Hall–Kier alpha value is -2.59. The van der Waals surface area contributed by atoms with Crippen LogP contribution in [0.2, 0.25) is 0 Å². The molecule has 28 heavy (non-hydrogen) atoms. The number of alkyl halides is 3. The lowest BCUT2D eigenvalue weighted by atomic mass is 10.1. The fourth-order valence-electron chi connectivity index (χ4n) is 2.28. The summed E-state index contributed by atoms with van der Waals surface area (Å²) in [4.78, 5) is 11.2. The van der Waals surface area contributed by atoms with Gasteiger partial charge >= 0.3 is 6.18 Å². The van der Waals surface area contributed by atoms with Gasteiger partial charge in [-0.1, -0.05) is 18.2 Å². The molecule has 2 aromatic rings. The summed E-state index contributed by atoms with van der Waals surface area (Å²) < 4.78 is 70.0. The van der Waals surface area contributed by atoms with E-state index in [1.54, 1.807) is 12.1 Å². The average Bonchev–Trinajstić information content (AvgIpc) is 2.63. The van der Waals surface area contributed by atoms with Crippen LogP contribution < -0.4 is 10.0 Å². The number of hydrogen-bond donors (Lipinski definition) is 2. The van der Waals surface area contributed by atoms with E-state index in [1.165, 1.54) is 19.2 Å². The van der Waals surface area contributed by atoms with Crippen LogP contribution in [0.4, 0.5) is 18.9 Å². The van der Waals surface area contributed by atoms with Gasteiger partial charge in [0.25, 0.3) is 10.0 Å². The van der Waals surface area contributed by atoms with Gasteiger partial charge in [-0.25, -0.2) is 8.42 Å². The van der Waals surface area contributed by atoms with E-state index in [2.05, 4.69) is 10.0 Å². The third-order valence-corrected chi connectivity index (χ3v) is 5.05. The van der Waals surface area contributed by atoms with Crippen LogP contribution in [0.1, 0.15) is 11.1 Å². The Morgan fingerprint density at radius 3 is 2.39 bits per heavy atom. The van der Waals surface area contributed by atoms with Crippen LogP contribution in [0.25, 0.3) is 0 Å². The number of methoxy groups -OCH3 is 1. The van der Waals surface area contributed by atoms with Crippen molar-refractivity contribution in [1.29, 1.82) is 0 Å². The number of sulfonamides is 1. The van der Waals surface area contributed by atoms with Crippen LogP contribution in [-0.4, -0.2) is 34.6 Å². The first-order valence-corrected chi connectivity index (χ1v) is 9.65. The SMILES string of the molecule is COCCNC(=O)Cc1ccc(NS(=O)(=O)c2cccc(C(F)(F)F)c2)cc1. The van der Waals surface area contributed by atoms with E-state index < -0.39 is 26.7 Å². The van der Waals surface area contributed by atoms with E-state index in [-0.39, 0.29) is 18.0 Å². The van der Waals surface area contributed by atoms with E-state index in [9.17, 15) is 26.4 Å². The topological polar surface area (TPSA) is 84.5 Å². The summed E-state index contributed by atoms with van der Waals surface area (Å²) in [5.41, 5.74) is -0.233. The fourth-order valence-corrected chi connectivity index (χ4v) is 3.39. The van der Waals surface area contributed by atoms with Crippen molar-refractivity contribution in [1.82, 2.24) is 5.32 Å². The van der Waals surface area contributed by atoms with Gasteiger partial charge in [0.15, 0.2) is 0 Å². The largest absolute Gasteiger partial charge is 0.416 e. The molecule has 6 nitrogen and oxygen atoms in total. The van der Waals surface area contributed by atoms with Crippen molar-refractivity contribution in [3.05, 3.63) is 59.7 Å². The quantitative estimate of drug-likeness (QED) is 0.648. The molecule has 2 rings (SSSR count). The number of rotatable bonds is 8. The number of carbonyl (C=O) groups excluding carboxylic acids is 1. The van der Waals surface area contributed by atoms with Crippen LogP contribution in [0.3, 0.4) is 0 Å². The lowest BCUT2D eigenvalue weighted by molar-refractivity contribution is -0.137. The van der Waals surface area contributed by atoms with Gasteiger partial charge < -0.3 is 10.1 Å². The molecule has 0 spiro atoms. The molecule has 2 N–H and O–H groups in total. The fraction of sp³-hybridized carbons (Fsp3) is 0.278. The Balaban J connectivity index is 2.06. The van der Waals surface area contributed by atoms with Crippen LogP contribution >= 0.6 is 0 Å². The maximum atomic E-state index is 12.8. The molecule has 0 radical (unpaired) electrons. The van der Waals surface area contributed by atoms with Gasteiger partial charge in [-0.2, -0.15) is 13.2 Å². The highest BCUT2D eigenvalue weighted by Gasteiger charge is 2.31. The molecule has 2 aromatic carbocycles. The van der Waals surface area contributed by atoms with Crippen LogP contribution in [0.5, 0.6) is 0 Å². The van der Waals surface area contributed by atoms with E-state index in [0.717, 1.165) is 18.2 Å². The molecule has 0 aliphatic rings. The Bertz CT molecular complexity index is 913. The molecule has 152 valence electrons. The normalized spacial score (nSPS) is 11.9. The highest BCUT2D eigenvalue weighted by atomic mass is 32.2. The van der Waals surface area contributed by atoms with Crippen LogP contribution in [0.15, 0.2) is 53.4 Å². The predicted octanol–water partition coefficient (Wildman–Crippen LogP) is 2.81. The minimum absolute atomic E-state index is 0.102. The zero-order chi connectivity index (χ0) is 20.8. The summed E-state index contributed by atoms with van der Waals surface area (Å²) in [6, 6.07) is 9.46. The summed E-state index contributed by atoms with van der Waals surface area (Å²) in [5.74, 6) is -0.214. The highest BCUT2D eigenvalue weighted by molar-refractivity contribution is 7.92. The zero-order valence-corrected chi connectivity index (χ0v) is 15.7. The molecule has 1 amide bonds. The van der Waals surface area contributed by atoms with E-state index in [1.807, 2.05) is 0 Å². The molecule has 0 atom stereocenters. The maximum Gasteiger partial charge on any atom is 0.416 e. The molecule has 0 saturated carbocycles. The van der Waals surface area contributed by atoms with Crippen molar-refractivity contribution >= 4 is 21.6 Å². The van der Waals surface area contributed by atoms with Crippen molar-refractivity contribution < 1.29 is 31.1 Å². The number of nitrogens with one attached hydrogen (secondary N) is 2. The summed E-state index contributed by atoms with van der Waals surface area (Å²) in [6.45, 7) is 0.770. The van der Waals surface area contributed by atoms with E-state index in [4.69, 9.17) is 4.74 Å². The first-order chi connectivity index (χ1) is 13.1. The number of amides is 1. The lowest BCUT2D eigenvalue weighted by Crippen LogP contribution is -2.28. The van der Waals surface area contributed by atoms with Crippen molar-refractivity contribution in [3.8, 4) is 0 Å². The molecule has 0 unspecified atom stereocenters. The molecular formula is C18H19F3N2O4S. The first-order valence-electron chi connectivity index (χ1n) is 8.16. The van der Waals surface area contributed by atoms with Crippen molar-refractivity contribution in [3.63, 3.8) is 0 Å². The standard InChI is InChI=1S/C18H19F3N2O4S/c1-27-10-9-22-17(24)11-13-5-7-15(8-6-13)23-28(25,26)16-4-2-3-14(12-16)18(19,20)21/h2-8,12,23H,9-11H2,1H3,(H,22,24). The van der Waals surface area contributed by atoms with Crippen molar-refractivity contribution in [2.45, 2.75) is 17.5 Å². The second-order valence-electron chi connectivity index (χ2n) is 5.85. The summed E-state index contributed by atoms with van der Waals surface area (Å²) in [5, 5.41) is 2.66. The molecular weight excluding hydrogens is 397 g/mol. The molecule has 0 fully saturated rings. The smallest absolute Gasteiger partial charge is 0.383 e. The summed E-state index contributed by atoms with van der Waals surface area (Å²) in [6.07, 6.45) is -4.54. The average molecular weight is 416 g/mol. The number of carbonyl (C=O) groups is 1. The third kappa shape index (κ3) is 6.24. The third-order valence-electron chi connectivity index (χ3n) is 3.67. The second-order valence-corrected chi connectivity index (χ2v) is 7.53. The highest BCUT2D eigenvalue weighted by Crippen LogP contribution is 2.30. The monoisotopic (exact) mass is 416 g/mol. The first kappa shape index (κ1) is 21.7. The van der Waals surface area contributed by atoms with E-state index >= 15 is 0 Å². The molecule has 0 saturated heterocycles. The van der Waals surface area contributed by atoms with Crippen LogP contribution in [0, 0.1) is 0 Å². The van der Waals surface area contributed by atoms with Gasteiger partial charge in [0.05, 0.1) is 23.5 Å². The molecule has 0 aliphatic carbocycles. The second kappa shape index (κ2) is 9.07. The van der Waals surface area contributed by atoms with Gasteiger partial charge in [0.1, 0.15) is 0 Å². The lowest BCUT2D eigenvalue weighted by Gasteiger charge is -2.11. The predicted molar refractivity (Wildman–Crippen MR) is 97.3 cm³/mol. The van der Waals surface area contributed by atoms with Gasteiger partial charge in [0.2, 0.25) is 5.91 Å². The summed E-state index contributed by atoms with van der Waals surface area (Å²) >= 11 is 0. The molecule has 0 aliphatic heterocycles. The van der Waals surface area contributed by atoms with Gasteiger partial charge in [-0.3, -0.25) is 9.52 Å². The van der Waals surface area contributed by atoms with E-state index in [0.29, 0.717) is 24.8 Å². The Labute approximate surface area is 160 Å². The number of halogens is 3. The van der Waals surface area contributed by atoms with Gasteiger partial charge in [0, 0.05) is 19.3 Å². The van der Waals surface area contributed by atoms with Crippen LogP contribution in [-0.2, 0) is 32.2 Å². The minimum Gasteiger partial charge on any atom is -0.383 e. The van der Waals surface area contributed by atoms with Gasteiger partial charge in [-0.05, 0) is 35.9 Å². The Morgan fingerprint density at radius 1 is 1.11 bits per heavy atom. The van der Waals surface area contributed by atoms with Crippen molar-refractivity contribution in [2.24, 2.45) is 0 Å². The van der Waals surface area contributed by atoms with Crippen molar-refractivity contribution in [2.75, 3.05) is 25.0 Å². The van der Waals surface area contributed by atoms with Gasteiger partial charge in [-0.15, -0.1) is 0 Å². The molecule has 10 heteroatoms.